The molecule has 0 heterocycles. The first-order valence-electron chi connectivity index (χ1n) is 13.8. The van der Waals surface area contributed by atoms with E-state index in [1.165, 1.54) is 22.3 Å². The molecule has 0 N–H and O–H groups in total. The molecule has 3 rings (SSSR count). The fraction of sp³-hybridized carbons (Fsp3) is 0.389. The second kappa shape index (κ2) is 12.7. The van der Waals surface area contributed by atoms with Gasteiger partial charge in [0.15, 0.2) is 0 Å². The zero-order chi connectivity index (χ0) is 27.9. The van der Waals surface area contributed by atoms with Crippen LogP contribution >= 0.6 is 0 Å². The van der Waals surface area contributed by atoms with Crippen molar-refractivity contribution in [3.63, 3.8) is 0 Å². The number of aryl methyl sites for hydroxylation is 1. The summed E-state index contributed by atoms with van der Waals surface area (Å²) in [5.74, 6) is -0.188. The van der Waals surface area contributed by atoms with E-state index in [-0.39, 0.29) is 11.2 Å². The minimum Gasteiger partial charge on any atom is -0.207 e. The van der Waals surface area contributed by atoms with Gasteiger partial charge in [0, 0.05) is 12.0 Å². The lowest BCUT2D eigenvalue weighted by Crippen LogP contribution is -2.28. The third kappa shape index (κ3) is 7.29. The highest BCUT2D eigenvalue weighted by atomic mass is 19.1. The Bertz CT molecular complexity index is 1320. The number of halogens is 1. The van der Waals surface area contributed by atoms with Crippen molar-refractivity contribution in [1.82, 2.24) is 0 Å². The topological polar surface area (TPSA) is 0 Å². The van der Waals surface area contributed by atoms with E-state index >= 15 is 4.39 Å². The molecule has 1 fully saturated rings. The number of allylic oxidation sites excluding steroid dienone is 11. The smallest absolute Gasteiger partial charge is 0.121 e. The summed E-state index contributed by atoms with van der Waals surface area (Å²) in [6, 6.07) is 4.39. The quantitative estimate of drug-likeness (QED) is 0.197. The van der Waals surface area contributed by atoms with E-state index in [1.54, 1.807) is 19.1 Å². The van der Waals surface area contributed by atoms with Gasteiger partial charge in [0.25, 0.3) is 0 Å². The summed E-state index contributed by atoms with van der Waals surface area (Å²) in [4.78, 5) is 0. The molecule has 0 saturated heterocycles. The Morgan fingerprint density at radius 1 is 1.18 bits per heavy atom. The Hall–Kier alpha value is -3.05. The van der Waals surface area contributed by atoms with Crippen LogP contribution in [0.5, 0.6) is 0 Å². The summed E-state index contributed by atoms with van der Waals surface area (Å²) < 4.78 is 15.2. The zero-order valence-corrected chi connectivity index (χ0v) is 24.2. The normalized spacial score (nSPS) is 19.9. The van der Waals surface area contributed by atoms with E-state index in [0.29, 0.717) is 12.0 Å². The molecule has 2 radical (unpaired) electrons. The van der Waals surface area contributed by atoms with Crippen LogP contribution in [-0.2, 0) is 12.8 Å². The van der Waals surface area contributed by atoms with Crippen LogP contribution in [0.4, 0.5) is 4.39 Å². The van der Waals surface area contributed by atoms with Crippen LogP contribution < -0.4 is 0 Å². The van der Waals surface area contributed by atoms with E-state index in [1.807, 2.05) is 30.4 Å². The summed E-state index contributed by atoms with van der Waals surface area (Å²) in [6.07, 6.45) is 20.4. The van der Waals surface area contributed by atoms with Crippen LogP contribution in [-0.4, -0.2) is 7.85 Å². The first-order valence-corrected chi connectivity index (χ1v) is 13.8. The lowest BCUT2D eigenvalue weighted by Gasteiger charge is -2.43. The van der Waals surface area contributed by atoms with Gasteiger partial charge < -0.3 is 0 Å². The molecule has 0 nitrogen and oxygen atoms in total. The molecule has 0 spiro atoms. The average molecular weight is 505 g/mol. The molecule has 0 aromatic heterocycles. The van der Waals surface area contributed by atoms with Crippen LogP contribution in [0, 0.1) is 19.3 Å². The molecule has 1 saturated carbocycles. The summed E-state index contributed by atoms with van der Waals surface area (Å²) >= 11 is 0. The van der Waals surface area contributed by atoms with E-state index in [0.717, 1.165) is 48.8 Å². The summed E-state index contributed by atoms with van der Waals surface area (Å²) in [7, 11) is 6.88. The fourth-order valence-electron chi connectivity index (χ4n) is 5.44. The van der Waals surface area contributed by atoms with Gasteiger partial charge in [-0.25, -0.2) is 4.39 Å². The predicted octanol–water partition coefficient (Wildman–Crippen LogP) is 9.98. The molecule has 2 heteroatoms. The number of benzene rings is 1. The summed E-state index contributed by atoms with van der Waals surface area (Å²) in [5.41, 5.74) is 15.9. The lowest BCUT2D eigenvalue weighted by molar-refractivity contribution is 0.215. The Morgan fingerprint density at radius 3 is 2.55 bits per heavy atom. The minimum absolute atomic E-state index is 0.188. The third-order valence-electron chi connectivity index (χ3n) is 8.11. The first-order chi connectivity index (χ1) is 18.0. The van der Waals surface area contributed by atoms with Crippen molar-refractivity contribution in [2.45, 2.75) is 85.4 Å². The second-order valence-corrected chi connectivity index (χ2v) is 11.6. The number of rotatable bonds is 7. The SMILES string of the molecule is [B]C1(C(=C/Cc2c(C)ccc(CC(C)=C=C3C=C=CC=C/C3=C/C=C)c2C)/C(F)=C\C)CCC(C)(C)CC1. The van der Waals surface area contributed by atoms with E-state index in [4.69, 9.17) is 7.85 Å². The summed E-state index contributed by atoms with van der Waals surface area (Å²) in [5, 5.41) is -0.608. The Kier molecular flexibility index (Phi) is 9.84. The molecule has 38 heavy (non-hydrogen) atoms. The highest BCUT2D eigenvalue weighted by molar-refractivity contribution is 6.18. The minimum atomic E-state index is -0.608. The third-order valence-corrected chi connectivity index (χ3v) is 8.11. The van der Waals surface area contributed by atoms with Gasteiger partial charge in [-0.1, -0.05) is 81.9 Å². The molecule has 1 aromatic carbocycles. The van der Waals surface area contributed by atoms with Crippen molar-refractivity contribution in [1.29, 1.82) is 0 Å². The maximum Gasteiger partial charge on any atom is 0.121 e. The van der Waals surface area contributed by atoms with Crippen LogP contribution in [0.25, 0.3) is 0 Å². The van der Waals surface area contributed by atoms with Gasteiger partial charge >= 0.3 is 0 Å². The van der Waals surface area contributed by atoms with Gasteiger partial charge in [-0.15, -0.1) is 11.5 Å². The predicted molar refractivity (Wildman–Crippen MR) is 163 cm³/mol. The zero-order valence-electron chi connectivity index (χ0n) is 24.2. The van der Waals surface area contributed by atoms with Gasteiger partial charge in [0.05, 0.1) is 7.85 Å². The Morgan fingerprint density at radius 2 is 1.89 bits per heavy atom. The van der Waals surface area contributed by atoms with Crippen molar-refractivity contribution in [2.75, 3.05) is 0 Å². The largest absolute Gasteiger partial charge is 0.207 e. The summed E-state index contributed by atoms with van der Waals surface area (Å²) in [6.45, 7) is 16.6. The molecule has 196 valence electrons. The Labute approximate surface area is 231 Å². The van der Waals surface area contributed by atoms with Crippen molar-refractivity contribution in [3.05, 3.63) is 129 Å². The molecule has 0 bridgehead atoms. The fourth-order valence-corrected chi connectivity index (χ4v) is 5.44. The standard InChI is InChI=1S/C36H42BF/c1-8-13-29-14-11-10-12-15-31(29)25-26(3)24-30-17-16-27(4)32(28(30)5)18-19-33(34(38)9-2)36(37)22-20-35(6,7)21-23-36/h8-11,13-17,19H,1,18,20-24H2,2-7H3/b29-13-,33-19+,34-9+. The van der Waals surface area contributed by atoms with Crippen molar-refractivity contribution < 1.29 is 4.39 Å². The van der Waals surface area contributed by atoms with Crippen molar-refractivity contribution >= 4 is 7.85 Å². The lowest BCUT2D eigenvalue weighted by atomic mass is 9.52. The maximum atomic E-state index is 15.2. The number of hydrogen-bond acceptors (Lipinski definition) is 0. The van der Waals surface area contributed by atoms with Crippen molar-refractivity contribution in [3.8, 4) is 0 Å². The van der Waals surface area contributed by atoms with Crippen LogP contribution in [0.1, 0.15) is 75.6 Å². The molecule has 2 aliphatic rings. The molecule has 0 aliphatic heterocycles. The van der Waals surface area contributed by atoms with Crippen molar-refractivity contribution in [2.24, 2.45) is 5.41 Å². The van der Waals surface area contributed by atoms with Crippen LogP contribution in [0.15, 0.2) is 107 Å². The second-order valence-electron chi connectivity index (χ2n) is 11.6. The van der Waals surface area contributed by atoms with Crippen LogP contribution in [0.2, 0.25) is 5.31 Å². The van der Waals surface area contributed by atoms with Gasteiger partial charge in [0.2, 0.25) is 0 Å². The van der Waals surface area contributed by atoms with Gasteiger partial charge in [-0.3, -0.25) is 0 Å². The van der Waals surface area contributed by atoms with Gasteiger partial charge in [-0.05, 0) is 109 Å². The molecular weight excluding hydrogens is 462 g/mol. The molecule has 1 aromatic rings. The molecule has 2 aliphatic carbocycles. The Balaban J connectivity index is 1.95. The van der Waals surface area contributed by atoms with E-state index in [2.05, 4.69) is 70.9 Å². The highest BCUT2D eigenvalue weighted by Crippen LogP contribution is 2.54. The number of hydrogen-bond donors (Lipinski definition) is 0. The van der Waals surface area contributed by atoms with Gasteiger partial charge in [0.1, 0.15) is 5.83 Å². The monoisotopic (exact) mass is 504 g/mol. The van der Waals surface area contributed by atoms with E-state index in [9.17, 15) is 0 Å². The molecule has 0 amide bonds. The molecule has 0 atom stereocenters. The molecular formula is C36H42BF. The average Bonchev–Trinajstić information content (AvgIpc) is 3.10. The highest BCUT2D eigenvalue weighted by Gasteiger charge is 2.38. The molecule has 0 unspecified atom stereocenters. The van der Waals surface area contributed by atoms with Gasteiger partial charge in [-0.2, -0.15) is 0 Å². The van der Waals surface area contributed by atoms with Crippen LogP contribution in [0.3, 0.4) is 0 Å². The van der Waals surface area contributed by atoms with E-state index < -0.39 is 5.31 Å². The maximum absolute atomic E-state index is 15.2. The first kappa shape index (κ1) is 29.5.